The molecule has 0 fully saturated rings. The lowest BCUT2D eigenvalue weighted by atomic mass is 10.1. The first kappa shape index (κ1) is 22.3. The van der Waals surface area contributed by atoms with Crippen molar-refractivity contribution in [2.75, 3.05) is 11.4 Å². The molecule has 2 aromatic carbocycles. The summed E-state index contributed by atoms with van der Waals surface area (Å²) in [4.78, 5) is 32.0. The molecule has 6 nitrogen and oxygen atoms in total. The van der Waals surface area contributed by atoms with Crippen molar-refractivity contribution in [3.8, 4) is 0 Å². The maximum absolute atomic E-state index is 14.7. The summed E-state index contributed by atoms with van der Waals surface area (Å²) in [5.74, 6) is -0.921. The molecule has 0 atom stereocenters. The van der Waals surface area contributed by atoms with Crippen LogP contribution in [-0.4, -0.2) is 27.2 Å². The van der Waals surface area contributed by atoms with Gasteiger partial charge >= 0.3 is 0 Å². The van der Waals surface area contributed by atoms with E-state index < -0.39 is 11.4 Å². The molecule has 0 spiro atoms. The molecule has 2 aromatic heterocycles. The Bertz CT molecular complexity index is 1330. The van der Waals surface area contributed by atoms with Crippen LogP contribution in [-0.2, 0) is 24.2 Å². The van der Waals surface area contributed by atoms with Gasteiger partial charge in [0.15, 0.2) is 0 Å². The molecule has 4 aromatic rings. The highest BCUT2D eigenvalue weighted by atomic mass is 19.1. The number of carbonyl (C=O) groups is 1. The van der Waals surface area contributed by atoms with Gasteiger partial charge in [-0.25, -0.2) is 9.07 Å². The number of nitrogens with zero attached hydrogens (tertiary/aromatic N) is 4. The van der Waals surface area contributed by atoms with Gasteiger partial charge in [-0.2, -0.15) is 5.10 Å². The maximum atomic E-state index is 14.7. The predicted octanol–water partition coefficient (Wildman–Crippen LogP) is 4.14. The molecule has 7 heteroatoms. The van der Waals surface area contributed by atoms with E-state index in [9.17, 15) is 14.0 Å². The van der Waals surface area contributed by atoms with Crippen LogP contribution in [0, 0.1) is 5.82 Å². The molecule has 2 heterocycles. The van der Waals surface area contributed by atoms with E-state index in [0.29, 0.717) is 24.0 Å². The Morgan fingerprint density at radius 3 is 2.48 bits per heavy atom. The van der Waals surface area contributed by atoms with Gasteiger partial charge in [0.2, 0.25) is 5.91 Å². The fourth-order valence-electron chi connectivity index (χ4n) is 3.92. The quantitative estimate of drug-likeness (QED) is 0.430. The first-order chi connectivity index (χ1) is 16.0. The minimum atomic E-state index is -0.629. The first-order valence-electron chi connectivity index (χ1n) is 11.0. The van der Waals surface area contributed by atoms with Gasteiger partial charge in [0.1, 0.15) is 12.4 Å². The fourth-order valence-corrected chi connectivity index (χ4v) is 3.92. The van der Waals surface area contributed by atoms with Crippen LogP contribution in [0.15, 0.2) is 71.8 Å². The molecular weight excluding hydrogens is 419 g/mol. The van der Waals surface area contributed by atoms with Crippen LogP contribution < -0.4 is 10.5 Å². The molecule has 0 aliphatic rings. The summed E-state index contributed by atoms with van der Waals surface area (Å²) in [5.41, 5.74) is 2.68. The summed E-state index contributed by atoms with van der Waals surface area (Å²) in [7, 11) is 0. The van der Waals surface area contributed by atoms with Crippen LogP contribution in [0.25, 0.3) is 10.8 Å². The molecule has 0 unspecified atom stereocenters. The molecule has 0 aliphatic heterocycles. The smallest absolute Gasteiger partial charge is 0.278 e. The van der Waals surface area contributed by atoms with Gasteiger partial charge < -0.3 is 4.90 Å². The predicted molar refractivity (Wildman–Crippen MR) is 127 cm³/mol. The van der Waals surface area contributed by atoms with Crippen molar-refractivity contribution in [2.24, 2.45) is 0 Å². The van der Waals surface area contributed by atoms with Gasteiger partial charge in [-0.05, 0) is 48.7 Å². The van der Waals surface area contributed by atoms with Gasteiger partial charge in [-0.15, -0.1) is 0 Å². The number of aryl methyl sites for hydroxylation is 1. The topological polar surface area (TPSA) is 68.1 Å². The zero-order valence-electron chi connectivity index (χ0n) is 18.7. The molecule has 0 N–H and O–H groups in total. The molecular formula is C26H25FN4O2. The molecule has 0 aliphatic carbocycles. The first-order valence-corrected chi connectivity index (χ1v) is 11.0. The second-order valence-electron chi connectivity index (χ2n) is 7.77. The van der Waals surface area contributed by atoms with E-state index in [1.54, 1.807) is 35.5 Å². The average molecular weight is 445 g/mol. The van der Waals surface area contributed by atoms with E-state index in [0.717, 1.165) is 22.4 Å². The zero-order valence-corrected chi connectivity index (χ0v) is 18.7. The van der Waals surface area contributed by atoms with Crippen LogP contribution in [0.2, 0.25) is 0 Å². The third-order valence-corrected chi connectivity index (χ3v) is 5.67. The Labute approximate surface area is 191 Å². The van der Waals surface area contributed by atoms with Crippen LogP contribution in [0.1, 0.15) is 30.7 Å². The van der Waals surface area contributed by atoms with Crippen LogP contribution in [0.3, 0.4) is 0 Å². The summed E-state index contributed by atoms with van der Waals surface area (Å²) >= 11 is 0. The second-order valence-corrected chi connectivity index (χ2v) is 7.77. The maximum Gasteiger partial charge on any atom is 0.278 e. The number of hydrogen-bond donors (Lipinski definition) is 0. The lowest BCUT2D eigenvalue weighted by Crippen LogP contribution is -2.38. The van der Waals surface area contributed by atoms with Crippen molar-refractivity contribution in [3.05, 3.63) is 100.0 Å². The number of fused-ring (bicyclic) bond motifs is 1. The largest absolute Gasteiger partial charge is 0.311 e. The molecule has 0 bridgehead atoms. The van der Waals surface area contributed by atoms with Crippen molar-refractivity contribution < 1.29 is 9.18 Å². The van der Waals surface area contributed by atoms with Crippen LogP contribution in [0.4, 0.5) is 10.1 Å². The van der Waals surface area contributed by atoms with Crippen LogP contribution >= 0.6 is 0 Å². The number of hydrogen-bond acceptors (Lipinski definition) is 4. The third kappa shape index (κ3) is 4.67. The van der Waals surface area contributed by atoms with E-state index >= 15 is 0 Å². The van der Waals surface area contributed by atoms with Crippen molar-refractivity contribution in [1.82, 2.24) is 14.8 Å². The summed E-state index contributed by atoms with van der Waals surface area (Å²) in [6, 6.07) is 15.9. The van der Waals surface area contributed by atoms with E-state index in [2.05, 4.69) is 17.0 Å². The van der Waals surface area contributed by atoms with Gasteiger partial charge in [-0.1, -0.05) is 37.3 Å². The van der Waals surface area contributed by atoms with E-state index in [-0.39, 0.29) is 17.8 Å². The lowest BCUT2D eigenvalue weighted by Gasteiger charge is -2.22. The molecule has 168 valence electrons. The summed E-state index contributed by atoms with van der Waals surface area (Å²) in [6.07, 6.45) is 4.63. The lowest BCUT2D eigenvalue weighted by molar-refractivity contribution is -0.119. The Balaban J connectivity index is 1.73. The Kier molecular flexibility index (Phi) is 6.58. The minimum absolute atomic E-state index is 0.0606. The zero-order chi connectivity index (χ0) is 23.4. The van der Waals surface area contributed by atoms with Gasteiger partial charge in [0.05, 0.1) is 11.1 Å². The van der Waals surface area contributed by atoms with Crippen molar-refractivity contribution in [3.63, 3.8) is 0 Å². The summed E-state index contributed by atoms with van der Waals surface area (Å²) in [6.45, 7) is 4.09. The second kappa shape index (κ2) is 9.73. The normalized spacial score (nSPS) is 11.0. The van der Waals surface area contributed by atoms with Gasteiger partial charge in [0, 0.05) is 36.4 Å². The monoisotopic (exact) mass is 444 g/mol. The number of benzene rings is 2. The van der Waals surface area contributed by atoms with Crippen molar-refractivity contribution in [2.45, 2.75) is 33.2 Å². The van der Waals surface area contributed by atoms with Gasteiger partial charge in [-0.3, -0.25) is 14.6 Å². The number of anilines is 1. The molecule has 0 saturated carbocycles. The Morgan fingerprint density at radius 1 is 1.03 bits per heavy atom. The highest BCUT2D eigenvalue weighted by Gasteiger charge is 2.19. The number of halogens is 1. The van der Waals surface area contributed by atoms with E-state index in [4.69, 9.17) is 0 Å². The SMILES string of the molecule is CCc1ccc(N(CC)C(=O)Cn2nc(Cc3cccnc3)c3cccc(F)c3c2=O)cc1. The molecule has 4 rings (SSSR count). The number of amides is 1. The average Bonchev–Trinajstić information content (AvgIpc) is 2.83. The highest BCUT2D eigenvalue weighted by molar-refractivity contribution is 5.93. The Hall–Kier alpha value is -3.87. The summed E-state index contributed by atoms with van der Waals surface area (Å²) in [5, 5.41) is 4.86. The van der Waals surface area contributed by atoms with Crippen molar-refractivity contribution >= 4 is 22.4 Å². The highest BCUT2D eigenvalue weighted by Crippen LogP contribution is 2.20. The summed E-state index contributed by atoms with van der Waals surface area (Å²) < 4.78 is 15.8. The van der Waals surface area contributed by atoms with Crippen molar-refractivity contribution in [1.29, 1.82) is 0 Å². The number of aromatic nitrogens is 3. The van der Waals surface area contributed by atoms with Gasteiger partial charge in [0.25, 0.3) is 5.56 Å². The standard InChI is InChI=1S/C26H25FN4O2/c1-3-18-10-12-20(13-11-18)30(4-2)24(32)17-31-26(33)25-21(8-5-9-22(25)27)23(29-31)15-19-7-6-14-28-16-19/h5-14,16H,3-4,15,17H2,1-2H3. The number of carbonyl (C=O) groups excluding carboxylic acids is 1. The molecule has 0 radical (unpaired) electrons. The fraction of sp³-hybridized carbons (Fsp3) is 0.231. The van der Waals surface area contributed by atoms with E-state index in [1.165, 1.54) is 11.6 Å². The molecule has 33 heavy (non-hydrogen) atoms. The Morgan fingerprint density at radius 2 is 1.82 bits per heavy atom. The number of likely N-dealkylation sites (N-methyl/N-ethyl adjacent to an activating group) is 1. The third-order valence-electron chi connectivity index (χ3n) is 5.67. The minimum Gasteiger partial charge on any atom is -0.311 e. The van der Waals surface area contributed by atoms with E-state index in [1.807, 2.05) is 37.3 Å². The molecule has 0 saturated heterocycles. The van der Waals surface area contributed by atoms with Crippen LogP contribution in [0.5, 0.6) is 0 Å². The number of rotatable bonds is 7. The number of pyridine rings is 1. The molecule has 1 amide bonds.